The molecule has 0 radical (unpaired) electrons. The van der Waals surface area contributed by atoms with Crippen molar-refractivity contribution in [1.29, 1.82) is 0 Å². The van der Waals surface area contributed by atoms with Gasteiger partial charge in [0.2, 0.25) is 5.83 Å². The number of aliphatic carboxylic acids is 1. The van der Waals surface area contributed by atoms with Gasteiger partial charge in [0.1, 0.15) is 0 Å². The summed E-state index contributed by atoms with van der Waals surface area (Å²) in [7, 11) is 0. The van der Waals surface area contributed by atoms with Crippen LogP contribution < -0.4 is 0 Å². The number of allylic oxidation sites excluding steroid dienone is 1. The summed E-state index contributed by atoms with van der Waals surface area (Å²) in [6.45, 7) is 2.19. The van der Waals surface area contributed by atoms with Crippen LogP contribution in [-0.2, 0) is 4.79 Å². The number of rotatable bonds is 2. The minimum atomic E-state index is -1.41. The van der Waals surface area contributed by atoms with Gasteiger partial charge in [0.15, 0.2) is 0 Å². The van der Waals surface area contributed by atoms with Crippen LogP contribution in [0, 0.1) is 29.1 Å². The lowest BCUT2D eigenvalue weighted by atomic mass is 9.45. The first-order valence-corrected chi connectivity index (χ1v) is 6.62. The molecular formula is C14H19FO2. The number of carboxylic acid groups (broad SMARTS) is 1. The lowest BCUT2D eigenvalue weighted by molar-refractivity contribution is -0.134. The van der Waals surface area contributed by atoms with Gasteiger partial charge in [-0.2, -0.15) is 4.39 Å². The molecule has 0 saturated heterocycles. The van der Waals surface area contributed by atoms with E-state index in [-0.39, 0.29) is 5.41 Å². The lowest BCUT2D eigenvalue weighted by Gasteiger charge is -2.59. The van der Waals surface area contributed by atoms with Crippen LogP contribution in [0.25, 0.3) is 0 Å². The molecule has 2 nitrogen and oxygen atoms in total. The summed E-state index contributed by atoms with van der Waals surface area (Å²) in [5.74, 6) is 0.203. The van der Waals surface area contributed by atoms with E-state index in [1.54, 1.807) is 0 Å². The molecule has 0 aromatic carbocycles. The molecule has 4 aliphatic carbocycles. The number of carboxylic acids is 1. The zero-order valence-corrected chi connectivity index (χ0v) is 10.2. The molecule has 0 heterocycles. The Hall–Kier alpha value is -0.860. The fourth-order valence-electron chi connectivity index (χ4n) is 4.92. The monoisotopic (exact) mass is 238 g/mol. The first kappa shape index (κ1) is 11.2. The lowest BCUT2D eigenvalue weighted by Crippen LogP contribution is -2.50. The quantitative estimate of drug-likeness (QED) is 0.749. The van der Waals surface area contributed by atoms with E-state index in [1.807, 2.05) is 0 Å². The van der Waals surface area contributed by atoms with Crippen molar-refractivity contribution in [2.24, 2.45) is 29.1 Å². The average Bonchev–Trinajstić information content (AvgIpc) is 2.24. The van der Waals surface area contributed by atoms with Gasteiger partial charge in [0.05, 0.1) is 0 Å². The molecule has 0 amide bonds. The Bertz CT molecular complexity index is 374. The molecule has 0 aromatic heterocycles. The minimum Gasteiger partial charge on any atom is -0.476 e. The van der Waals surface area contributed by atoms with Crippen molar-refractivity contribution in [3.63, 3.8) is 0 Å². The molecule has 3 atom stereocenters. The number of hydrogen-bond acceptors (Lipinski definition) is 1. The third kappa shape index (κ3) is 1.62. The molecule has 3 unspecified atom stereocenters. The van der Waals surface area contributed by atoms with E-state index in [1.165, 1.54) is 25.3 Å². The van der Waals surface area contributed by atoms with Crippen LogP contribution in [0.4, 0.5) is 4.39 Å². The van der Waals surface area contributed by atoms with Gasteiger partial charge >= 0.3 is 5.97 Å². The molecule has 0 aromatic rings. The average molecular weight is 238 g/mol. The summed E-state index contributed by atoms with van der Waals surface area (Å²) in [4.78, 5) is 10.7. The van der Waals surface area contributed by atoms with Gasteiger partial charge in [-0.1, -0.05) is 6.92 Å². The van der Waals surface area contributed by atoms with Crippen molar-refractivity contribution >= 4 is 5.97 Å². The van der Waals surface area contributed by atoms with Crippen molar-refractivity contribution in [3.8, 4) is 0 Å². The van der Waals surface area contributed by atoms with E-state index in [9.17, 15) is 9.18 Å². The van der Waals surface area contributed by atoms with Crippen LogP contribution in [0.1, 0.15) is 39.0 Å². The molecule has 0 aliphatic heterocycles. The third-order valence-corrected chi connectivity index (χ3v) is 5.51. The highest BCUT2D eigenvalue weighted by atomic mass is 19.1. The number of carbonyl (C=O) groups is 1. The summed E-state index contributed by atoms with van der Waals surface area (Å²) in [6, 6.07) is 0. The topological polar surface area (TPSA) is 37.3 Å². The van der Waals surface area contributed by atoms with Crippen LogP contribution in [-0.4, -0.2) is 11.1 Å². The van der Waals surface area contributed by atoms with Gasteiger partial charge < -0.3 is 5.11 Å². The maximum atomic E-state index is 13.5. The molecule has 4 aliphatic rings. The second-order valence-corrected chi connectivity index (χ2v) is 6.43. The predicted molar refractivity (Wildman–Crippen MR) is 62.0 cm³/mol. The van der Waals surface area contributed by atoms with E-state index in [0.29, 0.717) is 23.7 Å². The van der Waals surface area contributed by atoms with Gasteiger partial charge in [0, 0.05) is 0 Å². The highest BCUT2D eigenvalue weighted by molar-refractivity contribution is 5.84. The zero-order valence-electron chi connectivity index (χ0n) is 10.2. The Morgan fingerprint density at radius 2 is 1.88 bits per heavy atom. The predicted octanol–water partition coefficient (Wildman–Crippen LogP) is 3.39. The summed E-state index contributed by atoms with van der Waals surface area (Å²) in [5.41, 5.74) is -0.156. The number of halogens is 1. The maximum absolute atomic E-state index is 13.5. The Morgan fingerprint density at radius 3 is 2.41 bits per heavy atom. The van der Waals surface area contributed by atoms with E-state index in [2.05, 4.69) is 6.92 Å². The molecule has 4 saturated carbocycles. The molecule has 1 N–H and O–H groups in total. The SMILES string of the molecule is CC1C2CC3CC(C2)CC1(C=C(F)C(=O)O)C3. The van der Waals surface area contributed by atoms with Gasteiger partial charge in [-0.15, -0.1) is 0 Å². The summed E-state index contributed by atoms with van der Waals surface area (Å²) < 4.78 is 13.5. The second-order valence-electron chi connectivity index (χ2n) is 6.43. The standard InChI is InChI=1S/C14H19FO2/c1-8-11-3-9-2-10(4-11)6-14(8,5-9)7-12(15)13(16)17/h7-11H,2-6H2,1H3,(H,16,17). The Labute approximate surface area is 101 Å². The van der Waals surface area contributed by atoms with Crippen LogP contribution in [0.3, 0.4) is 0 Å². The van der Waals surface area contributed by atoms with Crippen molar-refractivity contribution < 1.29 is 14.3 Å². The van der Waals surface area contributed by atoms with E-state index in [4.69, 9.17) is 5.11 Å². The highest BCUT2D eigenvalue weighted by Gasteiger charge is 2.54. The molecule has 17 heavy (non-hydrogen) atoms. The smallest absolute Gasteiger partial charge is 0.364 e. The Morgan fingerprint density at radius 1 is 1.29 bits per heavy atom. The molecular weight excluding hydrogens is 219 g/mol. The molecule has 3 heteroatoms. The molecule has 4 bridgehead atoms. The first-order chi connectivity index (χ1) is 8.00. The van der Waals surface area contributed by atoms with Crippen molar-refractivity contribution in [1.82, 2.24) is 0 Å². The highest BCUT2D eigenvalue weighted by Crippen LogP contribution is 2.63. The summed E-state index contributed by atoms with van der Waals surface area (Å²) in [6.07, 6.45) is 7.30. The van der Waals surface area contributed by atoms with Crippen molar-refractivity contribution in [3.05, 3.63) is 11.9 Å². The van der Waals surface area contributed by atoms with Gasteiger partial charge in [-0.05, 0) is 67.3 Å². The maximum Gasteiger partial charge on any atom is 0.364 e. The van der Waals surface area contributed by atoms with Crippen LogP contribution in [0.2, 0.25) is 0 Å². The number of hydrogen-bond donors (Lipinski definition) is 1. The summed E-state index contributed by atoms with van der Waals surface area (Å²) in [5, 5.41) is 8.73. The largest absolute Gasteiger partial charge is 0.476 e. The minimum absolute atomic E-state index is 0.156. The van der Waals surface area contributed by atoms with Gasteiger partial charge in [-0.3, -0.25) is 0 Å². The first-order valence-electron chi connectivity index (χ1n) is 6.62. The fraction of sp³-hybridized carbons (Fsp3) is 0.786. The normalized spacial score (nSPS) is 48.5. The summed E-state index contributed by atoms with van der Waals surface area (Å²) >= 11 is 0. The second kappa shape index (κ2) is 3.56. The van der Waals surface area contributed by atoms with Crippen LogP contribution >= 0.6 is 0 Å². The molecule has 4 fully saturated rings. The van der Waals surface area contributed by atoms with E-state index >= 15 is 0 Å². The Balaban J connectivity index is 1.95. The molecule has 94 valence electrons. The van der Waals surface area contributed by atoms with E-state index < -0.39 is 11.8 Å². The van der Waals surface area contributed by atoms with Gasteiger partial charge in [0.25, 0.3) is 0 Å². The zero-order chi connectivity index (χ0) is 12.2. The third-order valence-electron chi connectivity index (χ3n) is 5.51. The van der Waals surface area contributed by atoms with Gasteiger partial charge in [-0.25, -0.2) is 4.79 Å². The van der Waals surface area contributed by atoms with E-state index in [0.717, 1.165) is 12.8 Å². The molecule has 4 rings (SSSR count). The van der Waals surface area contributed by atoms with Crippen LogP contribution in [0.5, 0.6) is 0 Å². The fourth-order valence-corrected chi connectivity index (χ4v) is 4.92. The Kier molecular flexibility index (Phi) is 2.36. The molecule has 0 spiro atoms. The van der Waals surface area contributed by atoms with Crippen molar-refractivity contribution in [2.45, 2.75) is 39.0 Å². The van der Waals surface area contributed by atoms with Crippen molar-refractivity contribution in [2.75, 3.05) is 0 Å². The van der Waals surface area contributed by atoms with Crippen LogP contribution in [0.15, 0.2) is 11.9 Å².